The summed E-state index contributed by atoms with van der Waals surface area (Å²) in [6.07, 6.45) is 8.29. The van der Waals surface area contributed by atoms with E-state index in [0.717, 1.165) is 0 Å². The first-order valence-electron chi connectivity index (χ1n) is 8.25. The average Bonchev–Trinajstić information content (AvgIpc) is 2.59. The minimum atomic E-state index is -4.04. The Kier molecular flexibility index (Phi) is 6.98. The molecule has 5 atom stereocenters. The number of hydrogen-bond donors (Lipinski definition) is 3. The second kappa shape index (κ2) is 8.50. The fourth-order valence-electron chi connectivity index (χ4n) is 3.01. The number of allylic oxidation sites excluding steroid dienone is 5. The first kappa shape index (κ1) is 22.2. The molecular weight excluding hydrogens is 414 g/mol. The summed E-state index contributed by atoms with van der Waals surface area (Å²) in [5, 5.41) is 6.86. The lowest BCUT2D eigenvalue weighted by Gasteiger charge is -2.27. The van der Waals surface area contributed by atoms with Crippen molar-refractivity contribution in [3.63, 3.8) is 0 Å². The maximum absolute atomic E-state index is 13.1. The van der Waals surface area contributed by atoms with Crippen molar-refractivity contribution in [2.75, 3.05) is 13.2 Å². The smallest absolute Gasteiger partial charge is 0.218 e. The maximum Gasteiger partial charge on any atom is 0.218 e. The molecule has 0 heterocycles. The van der Waals surface area contributed by atoms with Gasteiger partial charge in [-0.25, -0.2) is 25.8 Å². The van der Waals surface area contributed by atoms with Crippen LogP contribution in [0.4, 0.5) is 0 Å². The molecule has 2 rings (SSSR count). The van der Waals surface area contributed by atoms with Crippen LogP contribution < -0.4 is 4.72 Å². The summed E-state index contributed by atoms with van der Waals surface area (Å²) >= 11 is -2.23. The molecule has 8 nitrogen and oxygen atoms in total. The van der Waals surface area contributed by atoms with Crippen LogP contribution in [0.1, 0.15) is 13.8 Å². The normalized spacial score (nSPS) is 29.9. The molecule has 152 valence electrons. The maximum atomic E-state index is 13.1. The molecule has 2 aliphatic carbocycles. The zero-order chi connectivity index (χ0) is 20.4. The highest BCUT2D eigenvalue weighted by Gasteiger charge is 2.37. The molecule has 11 heteroatoms. The summed E-state index contributed by atoms with van der Waals surface area (Å²) in [5.74, 6) is -1.20. The van der Waals surface area contributed by atoms with Crippen molar-refractivity contribution in [2.45, 2.75) is 24.3 Å². The zero-order valence-electron chi connectivity index (χ0n) is 14.8. The molecular formula is C16H23NO7S3. The van der Waals surface area contributed by atoms with Gasteiger partial charge in [-0.1, -0.05) is 32.1 Å². The Morgan fingerprint density at radius 3 is 2.44 bits per heavy atom. The quantitative estimate of drug-likeness (QED) is 0.492. The molecule has 0 bridgehead atoms. The van der Waals surface area contributed by atoms with E-state index in [1.807, 2.05) is 0 Å². The van der Waals surface area contributed by atoms with E-state index in [9.17, 15) is 25.6 Å². The summed E-state index contributed by atoms with van der Waals surface area (Å²) in [7, 11) is -7.92. The highest BCUT2D eigenvalue weighted by Crippen LogP contribution is 2.35. The molecule has 0 spiro atoms. The summed E-state index contributed by atoms with van der Waals surface area (Å²) in [6.45, 7) is 2.65. The van der Waals surface area contributed by atoms with Crippen molar-refractivity contribution in [1.29, 1.82) is 0 Å². The number of sulfonamides is 1. The average molecular weight is 438 g/mol. The molecule has 2 aliphatic rings. The van der Waals surface area contributed by atoms with Gasteiger partial charge in [-0.15, -0.1) is 0 Å². The Hall–Kier alpha value is -1.11. The number of nitrogens with one attached hydrogen (secondary N) is 1. The topological polar surface area (TPSA) is 138 Å². The van der Waals surface area contributed by atoms with Gasteiger partial charge in [0.15, 0.2) is 11.1 Å². The van der Waals surface area contributed by atoms with Gasteiger partial charge in [0.2, 0.25) is 19.9 Å². The predicted octanol–water partition coefficient (Wildman–Crippen LogP) is 0.451. The lowest BCUT2D eigenvalue weighted by atomic mass is 10.0. The van der Waals surface area contributed by atoms with Crippen molar-refractivity contribution in [2.24, 2.45) is 11.8 Å². The van der Waals surface area contributed by atoms with Gasteiger partial charge in [0, 0.05) is 12.5 Å². The third kappa shape index (κ3) is 4.66. The van der Waals surface area contributed by atoms with Crippen molar-refractivity contribution in [3.8, 4) is 0 Å². The highest BCUT2D eigenvalue weighted by molar-refractivity contribution is 7.99. The fraction of sp³-hybridized carbons (Fsp3) is 0.500. The monoisotopic (exact) mass is 437 g/mol. The molecule has 0 aromatic carbocycles. The van der Waals surface area contributed by atoms with Crippen LogP contribution in [0.2, 0.25) is 0 Å². The SMILES string of the molecule is CC1C=CC(S(=O)(=O)C2=CC=CC(S(=O)O)C2C)=CC1S(=O)(=O)NCCO. The van der Waals surface area contributed by atoms with E-state index in [1.165, 1.54) is 36.5 Å². The van der Waals surface area contributed by atoms with E-state index in [-0.39, 0.29) is 23.0 Å². The van der Waals surface area contributed by atoms with E-state index in [2.05, 4.69) is 4.72 Å². The Morgan fingerprint density at radius 1 is 1.19 bits per heavy atom. The third-order valence-electron chi connectivity index (χ3n) is 4.54. The number of sulfone groups is 1. The second-order valence-electron chi connectivity index (χ2n) is 6.40. The fourth-order valence-corrected chi connectivity index (χ4v) is 7.21. The number of rotatable bonds is 7. The van der Waals surface area contributed by atoms with Crippen LogP contribution in [0.15, 0.2) is 46.3 Å². The summed E-state index contributed by atoms with van der Waals surface area (Å²) in [6, 6.07) is 0. The first-order valence-corrected chi connectivity index (χ1v) is 12.4. The van der Waals surface area contributed by atoms with Gasteiger partial charge < -0.3 is 9.66 Å². The summed E-state index contributed by atoms with van der Waals surface area (Å²) in [5.41, 5.74) is 0. The second-order valence-corrected chi connectivity index (χ2v) is 11.4. The third-order valence-corrected chi connectivity index (χ3v) is 9.48. The number of aliphatic hydroxyl groups is 1. The standard InChI is InChI=1S/C16H23NO7S3/c1-11-6-7-13(10-16(11)27(23,24)17-8-9-18)26(21,22)15-5-3-4-14(12(15)2)25(19)20/h3-7,10-12,14,16-18H,8-9H2,1-2H3,(H,19,20). The Labute approximate surface area is 162 Å². The molecule has 3 N–H and O–H groups in total. The van der Waals surface area contributed by atoms with Gasteiger partial charge in [-0.3, -0.25) is 0 Å². The number of aliphatic hydroxyl groups excluding tert-OH is 1. The van der Waals surface area contributed by atoms with Crippen molar-refractivity contribution < 1.29 is 30.7 Å². The highest BCUT2D eigenvalue weighted by atomic mass is 32.2. The van der Waals surface area contributed by atoms with Gasteiger partial charge in [0.1, 0.15) is 5.25 Å². The molecule has 5 unspecified atom stereocenters. The molecule has 0 saturated heterocycles. The lowest BCUT2D eigenvalue weighted by molar-refractivity contribution is 0.300. The van der Waals surface area contributed by atoms with E-state index in [0.29, 0.717) is 0 Å². The van der Waals surface area contributed by atoms with Crippen LogP contribution in [-0.4, -0.2) is 54.4 Å². The number of hydrogen-bond acceptors (Lipinski definition) is 6. The van der Waals surface area contributed by atoms with Crippen LogP contribution >= 0.6 is 0 Å². The van der Waals surface area contributed by atoms with Crippen LogP contribution in [0.5, 0.6) is 0 Å². The van der Waals surface area contributed by atoms with E-state index in [4.69, 9.17) is 5.11 Å². The Balaban J connectivity index is 2.42. The van der Waals surface area contributed by atoms with E-state index in [1.54, 1.807) is 13.8 Å². The lowest BCUT2D eigenvalue weighted by Crippen LogP contribution is -2.39. The largest absolute Gasteiger partial charge is 0.395 e. The van der Waals surface area contributed by atoms with Gasteiger partial charge in [-0.2, -0.15) is 0 Å². The minimum absolute atomic E-state index is 0.0395. The first-order chi connectivity index (χ1) is 12.5. The molecule has 0 amide bonds. The van der Waals surface area contributed by atoms with Crippen LogP contribution in [-0.2, 0) is 30.9 Å². The summed E-state index contributed by atoms with van der Waals surface area (Å²) < 4.78 is 74.0. The molecule has 0 aromatic heterocycles. The van der Waals surface area contributed by atoms with Crippen LogP contribution in [0, 0.1) is 11.8 Å². The summed E-state index contributed by atoms with van der Waals surface area (Å²) in [4.78, 5) is -0.210. The molecule has 0 radical (unpaired) electrons. The van der Waals surface area contributed by atoms with Crippen molar-refractivity contribution in [3.05, 3.63) is 46.3 Å². The predicted molar refractivity (Wildman–Crippen MR) is 104 cm³/mol. The van der Waals surface area contributed by atoms with E-state index < -0.39 is 53.3 Å². The zero-order valence-corrected chi connectivity index (χ0v) is 17.3. The molecule has 27 heavy (non-hydrogen) atoms. The Bertz CT molecular complexity index is 929. The van der Waals surface area contributed by atoms with Gasteiger partial charge in [0.05, 0.1) is 21.7 Å². The van der Waals surface area contributed by atoms with Gasteiger partial charge in [-0.05, 0) is 24.1 Å². The molecule has 0 saturated carbocycles. The van der Waals surface area contributed by atoms with Crippen molar-refractivity contribution in [1.82, 2.24) is 4.72 Å². The Morgan fingerprint density at radius 2 is 1.85 bits per heavy atom. The van der Waals surface area contributed by atoms with Crippen LogP contribution in [0.3, 0.4) is 0 Å². The molecule has 0 fully saturated rings. The molecule has 0 aliphatic heterocycles. The van der Waals surface area contributed by atoms with Gasteiger partial charge in [0.25, 0.3) is 0 Å². The minimum Gasteiger partial charge on any atom is -0.395 e. The molecule has 0 aromatic rings. The van der Waals surface area contributed by atoms with Crippen molar-refractivity contribution >= 4 is 30.9 Å². The van der Waals surface area contributed by atoms with Crippen LogP contribution in [0.25, 0.3) is 0 Å². The van der Waals surface area contributed by atoms with E-state index >= 15 is 0 Å². The van der Waals surface area contributed by atoms with Gasteiger partial charge >= 0.3 is 0 Å².